The lowest BCUT2D eigenvalue weighted by Crippen LogP contribution is -3.10. The molecule has 34 heavy (non-hydrogen) atoms. The lowest BCUT2D eigenvalue weighted by atomic mass is 10.2. The van der Waals surface area contributed by atoms with Gasteiger partial charge in [0.05, 0.1) is 43.0 Å². The molecule has 1 amide bonds. The van der Waals surface area contributed by atoms with E-state index in [-0.39, 0.29) is 10.8 Å². The Morgan fingerprint density at radius 1 is 0.971 bits per heavy atom. The van der Waals surface area contributed by atoms with Gasteiger partial charge >= 0.3 is 12.4 Å². The molecule has 2 aromatic rings. The molecule has 0 saturated carbocycles. The van der Waals surface area contributed by atoms with Crippen molar-refractivity contribution in [2.24, 2.45) is 0 Å². The molecule has 186 valence electrons. The van der Waals surface area contributed by atoms with Crippen LogP contribution in [0.2, 0.25) is 0 Å². The number of amides is 1. The second-order valence-corrected chi connectivity index (χ2v) is 7.99. The maximum Gasteiger partial charge on any atom is 0.455 e. The lowest BCUT2D eigenvalue weighted by Gasteiger charge is -2.31. The van der Waals surface area contributed by atoms with E-state index < -0.39 is 29.0 Å². The van der Waals surface area contributed by atoms with Crippen molar-refractivity contribution in [1.82, 2.24) is 4.90 Å². The molecule has 1 N–H and O–H groups in total. The first-order valence-electron chi connectivity index (χ1n) is 9.52. The number of nitrogens with one attached hydrogen (secondary N) is 1. The number of quaternary nitrogens is 1. The van der Waals surface area contributed by atoms with E-state index in [4.69, 9.17) is 14.6 Å². The van der Waals surface area contributed by atoms with Crippen molar-refractivity contribution in [2.45, 2.75) is 12.4 Å². The molecule has 0 bridgehead atoms. The minimum Gasteiger partial charge on any atom is -0.542 e. The van der Waals surface area contributed by atoms with Crippen LogP contribution in [0.3, 0.4) is 0 Å². The van der Waals surface area contributed by atoms with Gasteiger partial charge in [-0.1, -0.05) is 6.07 Å². The Morgan fingerprint density at radius 3 is 2.03 bits per heavy atom. The molecule has 0 atom stereocenters. The van der Waals surface area contributed by atoms with Crippen LogP contribution in [0.5, 0.6) is 5.75 Å². The molecular formula is C20H18F6N2O5S. The number of ketones is 1. The summed E-state index contributed by atoms with van der Waals surface area (Å²) in [4.78, 5) is 35.1. The molecule has 0 unspecified atom stereocenters. The van der Waals surface area contributed by atoms with Gasteiger partial charge in [0.25, 0.3) is 11.7 Å². The van der Waals surface area contributed by atoms with Gasteiger partial charge in [-0.3, -0.25) is 14.5 Å². The second kappa shape index (κ2) is 10.9. The number of carboxylic acids is 1. The number of aliphatic carboxylic acids is 1. The van der Waals surface area contributed by atoms with Crippen LogP contribution in [-0.4, -0.2) is 68.2 Å². The maximum absolute atomic E-state index is 12.5. The highest BCUT2D eigenvalue weighted by atomic mass is 32.1. The molecule has 0 spiro atoms. The number of thiophene rings is 1. The summed E-state index contributed by atoms with van der Waals surface area (Å²) in [5, 5.41) is 8.78. The summed E-state index contributed by atoms with van der Waals surface area (Å²) in [6, 6.07) is 10.0. The second-order valence-electron chi connectivity index (χ2n) is 6.90. The third kappa shape index (κ3) is 7.18. The molecule has 7 nitrogen and oxygen atoms in total. The van der Waals surface area contributed by atoms with E-state index >= 15 is 0 Å². The fraction of sp³-hybridized carbons (Fsp3) is 0.350. The Labute approximate surface area is 193 Å². The number of Topliss-reactive ketones (excluding diaryl/α,β-unsaturated/α-hetero) is 1. The third-order valence-corrected chi connectivity index (χ3v) is 5.73. The van der Waals surface area contributed by atoms with Gasteiger partial charge in [0.15, 0.2) is 0 Å². The summed E-state index contributed by atoms with van der Waals surface area (Å²) >= 11 is 0.588. The number of hydrogen-bond acceptors (Lipinski definition) is 6. The molecule has 1 aromatic carbocycles. The number of hydrogen-bond donors (Lipinski definition) is 1. The molecule has 2 heterocycles. The molecule has 1 fully saturated rings. The average Bonchev–Trinajstić information content (AvgIpc) is 3.27. The van der Waals surface area contributed by atoms with Gasteiger partial charge in [-0.05, 0) is 24.3 Å². The maximum atomic E-state index is 12.5. The van der Waals surface area contributed by atoms with Gasteiger partial charge in [0.1, 0.15) is 17.4 Å². The van der Waals surface area contributed by atoms with Gasteiger partial charge in [0, 0.05) is 6.07 Å². The molecule has 0 aliphatic carbocycles. The average molecular weight is 512 g/mol. The van der Waals surface area contributed by atoms with Crippen molar-refractivity contribution >= 4 is 34.7 Å². The van der Waals surface area contributed by atoms with Crippen LogP contribution in [0.1, 0.15) is 19.3 Å². The lowest BCUT2D eigenvalue weighted by molar-refractivity contribution is -0.837. The molecule has 0 radical (unpaired) electrons. The Bertz CT molecular complexity index is 1030. The van der Waals surface area contributed by atoms with Crippen LogP contribution >= 0.6 is 11.3 Å². The highest BCUT2D eigenvalue weighted by molar-refractivity contribution is 7.16. The van der Waals surface area contributed by atoms with Crippen LogP contribution in [0.15, 0.2) is 36.4 Å². The standard InChI is InChI=1S/C18H17F3N2O3S.C2HF3O2/c1-26-13-4-2-3-12(11-13)22-7-9-23(10-8-22)17(25)15-6-5-14(27-15)16(24)18(19,20)21;3-2(4,5)1(6)7/h2-6,11H,7-10H2,1H3;(H,6,7). The summed E-state index contributed by atoms with van der Waals surface area (Å²) in [6.45, 7) is 2.31. The van der Waals surface area contributed by atoms with Crippen LogP contribution in [0.25, 0.3) is 0 Å². The molecule has 1 aliphatic rings. The smallest absolute Gasteiger partial charge is 0.455 e. The largest absolute Gasteiger partial charge is 0.542 e. The number of carboxylic acid groups (broad SMARTS) is 1. The first kappa shape index (κ1) is 27.1. The summed E-state index contributed by atoms with van der Waals surface area (Å²) in [6.07, 6.45) is -10.1. The molecular weight excluding hydrogens is 494 g/mol. The Kier molecular flexibility index (Phi) is 8.66. The highest BCUT2D eigenvalue weighted by Gasteiger charge is 2.40. The Morgan fingerprint density at radius 2 is 1.53 bits per heavy atom. The topological polar surface area (TPSA) is 91.2 Å². The van der Waals surface area contributed by atoms with Crippen molar-refractivity contribution in [3.05, 3.63) is 46.2 Å². The van der Waals surface area contributed by atoms with Gasteiger partial charge in [-0.2, -0.15) is 26.3 Å². The van der Waals surface area contributed by atoms with Crippen LogP contribution in [-0.2, 0) is 4.79 Å². The summed E-state index contributed by atoms with van der Waals surface area (Å²) in [5.74, 6) is -4.50. The number of alkyl halides is 6. The Balaban J connectivity index is 0.000000509. The number of halogens is 6. The van der Waals surface area contributed by atoms with E-state index in [1.165, 1.54) is 11.0 Å². The zero-order valence-corrected chi connectivity index (χ0v) is 18.3. The van der Waals surface area contributed by atoms with E-state index in [9.17, 15) is 35.9 Å². The van der Waals surface area contributed by atoms with Crippen molar-refractivity contribution in [3.63, 3.8) is 0 Å². The quantitative estimate of drug-likeness (QED) is 0.495. The molecule has 3 rings (SSSR count). The van der Waals surface area contributed by atoms with Gasteiger partial charge in [-0.15, -0.1) is 11.3 Å². The van der Waals surface area contributed by atoms with Crippen molar-refractivity contribution < 1.29 is 55.5 Å². The number of methoxy groups -OCH3 is 1. The minimum atomic E-state index is -5.19. The molecule has 1 aromatic heterocycles. The normalized spacial score (nSPS) is 14.7. The zero-order valence-electron chi connectivity index (χ0n) is 17.5. The van der Waals surface area contributed by atoms with Crippen molar-refractivity contribution in [2.75, 3.05) is 33.3 Å². The number of benzene rings is 1. The van der Waals surface area contributed by atoms with Gasteiger partial charge in [0.2, 0.25) is 0 Å². The molecule has 14 heteroatoms. The van der Waals surface area contributed by atoms with Crippen molar-refractivity contribution in [1.29, 1.82) is 0 Å². The SMILES string of the molecule is COc1cccc([NH+]2CCN(C(=O)c3ccc(C(=O)C(F)(F)F)s3)CC2)c1.O=C([O-])C(F)(F)F. The van der Waals surface area contributed by atoms with Gasteiger partial charge in [-0.25, -0.2) is 0 Å². The number of ether oxygens (including phenoxy) is 1. The van der Waals surface area contributed by atoms with E-state index in [1.807, 2.05) is 24.3 Å². The van der Waals surface area contributed by atoms with E-state index in [0.29, 0.717) is 37.5 Å². The summed E-state index contributed by atoms with van der Waals surface area (Å²) in [7, 11) is 1.60. The van der Waals surface area contributed by atoms with Crippen LogP contribution in [0.4, 0.5) is 32.0 Å². The van der Waals surface area contributed by atoms with Crippen LogP contribution < -0.4 is 14.7 Å². The molecule has 1 aliphatic heterocycles. The first-order valence-corrected chi connectivity index (χ1v) is 10.3. The predicted molar refractivity (Wildman–Crippen MR) is 105 cm³/mol. The number of piperazine rings is 1. The predicted octanol–water partition coefficient (Wildman–Crippen LogP) is 1.47. The number of carbonyl (C=O) groups is 3. The number of carbonyl (C=O) groups excluding carboxylic acids is 3. The van der Waals surface area contributed by atoms with Crippen molar-refractivity contribution in [3.8, 4) is 5.75 Å². The van der Waals surface area contributed by atoms with E-state index in [0.717, 1.165) is 17.5 Å². The van der Waals surface area contributed by atoms with Crippen LogP contribution in [0, 0.1) is 0 Å². The van der Waals surface area contributed by atoms with E-state index in [2.05, 4.69) is 0 Å². The fourth-order valence-corrected chi connectivity index (χ4v) is 3.92. The highest BCUT2D eigenvalue weighted by Crippen LogP contribution is 2.27. The zero-order chi connectivity index (χ0) is 25.7. The fourth-order valence-electron chi connectivity index (χ4n) is 2.98. The third-order valence-electron chi connectivity index (χ3n) is 4.66. The van der Waals surface area contributed by atoms with E-state index in [1.54, 1.807) is 12.0 Å². The monoisotopic (exact) mass is 512 g/mol. The van der Waals surface area contributed by atoms with Gasteiger partial charge < -0.3 is 19.5 Å². The Hall–Kier alpha value is -3.13. The number of nitrogens with zero attached hydrogens (tertiary/aromatic N) is 1. The summed E-state index contributed by atoms with van der Waals surface area (Å²) in [5.41, 5.74) is 1.07. The molecule has 1 saturated heterocycles. The number of rotatable bonds is 4. The minimum absolute atomic E-state index is 0.146. The summed E-state index contributed by atoms with van der Waals surface area (Å²) < 4.78 is 74.3. The first-order chi connectivity index (χ1) is 15.7.